The van der Waals surface area contributed by atoms with Crippen LogP contribution in [0.2, 0.25) is 0 Å². The molecule has 1 N–H and O–H groups in total. The monoisotopic (exact) mass is 412 g/mol. The number of carbonyl (C=O) groups is 1. The van der Waals surface area contributed by atoms with E-state index < -0.39 is 21.5 Å². The van der Waals surface area contributed by atoms with E-state index in [1.54, 1.807) is 6.92 Å². The van der Waals surface area contributed by atoms with Crippen LogP contribution in [0, 0.1) is 13.8 Å². The molecule has 0 bridgehead atoms. The van der Waals surface area contributed by atoms with Gasteiger partial charge in [0.05, 0.1) is 17.5 Å². The molecule has 152 valence electrons. The van der Waals surface area contributed by atoms with Crippen LogP contribution in [0.3, 0.4) is 0 Å². The molecule has 3 rings (SSSR count). The molecule has 7 heteroatoms. The average molecular weight is 413 g/mol. The van der Waals surface area contributed by atoms with Crippen LogP contribution in [0.4, 0.5) is 0 Å². The molecule has 1 amide bonds. The van der Waals surface area contributed by atoms with Gasteiger partial charge in [0, 0.05) is 5.56 Å². The molecule has 0 saturated heterocycles. The SMILES string of the molecule is Cc1ccc(-c2nc(CS(=O)(=O)CC(=O)N[C@H](C)c3ccccc3)c(C)o2)cc1. The molecule has 1 atom stereocenters. The van der Waals surface area contributed by atoms with Crippen molar-refractivity contribution in [1.29, 1.82) is 0 Å². The molecule has 6 nitrogen and oxygen atoms in total. The number of nitrogens with one attached hydrogen (secondary N) is 1. The fourth-order valence-electron chi connectivity index (χ4n) is 2.95. The van der Waals surface area contributed by atoms with Crippen molar-refractivity contribution in [2.45, 2.75) is 32.6 Å². The number of carbonyl (C=O) groups excluding carboxylic acids is 1. The highest BCUT2D eigenvalue weighted by Crippen LogP contribution is 2.23. The smallest absolute Gasteiger partial charge is 0.235 e. The number of rotatable bonds is 7. The lowest BCUT2D eigenvalue weighted by atomic mass is 10.1. The second-order valence-electron chi connectivity index (χ2n) is 7.12. The topological polar surface area (TPSA) is 89.3 Å². The van der Waals surface area contributed by atoms with E-state index in [1.807, 2.05) is 68.4 Å². The molecule has 1 aromatic heterocycles. The molecule has 29 heavy (non-hydrogen) atoms. The second kappa shape index (κ2) is 8.61. The van der Waals surface area contributed by atoms with Gasteiger partial charge in [-0.15, -0.1) is 0 Å². The molecule has 0 aliphatic rings. The van der Waals surface area contributed by atoms with Gasteiger partial charge in [-0.2, -0.15) is 0 Å². The van der Waals surface area contributed by atoms with E-state index >= 15 is 0 Å². The number of sulfone groups is 1. The number of hydrogen-bond donors (Lipinski definition) is 1. The fourth-order valence-corrected chi connectivity index (χ4v) is 4.22. The fraction of sp³-hybridized carbons (Fsp3) is 0.273. The third kappa shape index (κ3) is 5.54. The van der Waals surface area contributed by atoms with Crippen LogP contribution in [0.5, 0.6) is 0 Å². The number of benzene rings is 2. The Labute approximate surface area is 170 Å². The molecule has 2 aromatic carbocycles. The summed E-state index contributed by atoms with van der Waals surface area (Å²) in [4.78, 5) is 16.6. The number of nitrogens with zero attached hydrogens (tertiary/aromatic N) is 1. The second-order valence-corrected chi connectivity index (χ2v) is 9.18. The minimum absolute atomic E-state index is 0.277. The molecule has 3 aromatic rings. The van der Waals surface area contributed by atoms with Crippen LogP contribution in [-0.4, -0.2) is 25.1 Å². The Bertz CT molecular complexity index is 1090. The first-order valence-electron chi connectivity index (χ1n) is 9.31. The maximum atomic E-state index is 12.5. The largest absolute Gasteiger partial charge is 0.441 e. The molecule has 0 aliphatic heterocycles. The Morgan fingerprint density at radius 1 is 1.07 bits per heavy atom. The summed E-state index contributed by atoms with van der Waals surface area (Å²) in [5.74, 6) is -0.684. The van der Waals surface area contributed by atoms with E-state index in [0.717, 1.165) is 16.7 Å². The predicted octanol–water partition coefficient (Wildman–Crippen LogP) is 3.75. The van der Waals surface area contributed by atoms with Crippen molar-refractivity contribution in [3.63, 3.8) is 0 Å². The third-order valence-electron chi connectivity index (χ3n) is 4.58. The molecule has 0 aliphatic carbocycles. The Hall–Kier alpha value is -2.93. The van der Waals surface area contributed by atoms with E-state index in [1.165, 1.54) is 0 Å². The van der Waals surface area contributed by atoms with Crippen molar-refractivity contribution in [3.05, 3.63) is 77.2 Å². The van der Waals surface area contributed by atoms with Gasteiger partial charge in [-0.1, -0.05) is 48.0 Å². The highest BCUT2D eigenvalue weighted by atomic mass is 32.2. The van der Waals surface area contributed by atoms with Crippen molar-refractivity contribution >= 4 is 15.7 Å². The van der Waals surface area contributed by atoms with Crippen molar-refractivity contribution < 1.29 is 17.6 Å². The van der Waals surface area contributed by atoms with Gasteiger partial charge in [-0.05, 0) is 38.5 Å². The van der Waals surface area contributed by atoms with Gasteiger partial charge in [0.2, 0.25) is 11.8 Å². The summed E-state index contributed by atoms with van der Waals surface area (Å²) >= 11 is 0. The molecule has 1 heterocycles. The van der Waals surface area contributed by atoms with Crippen LogP contribution < -0.4 is 5.32 Å². The Morgan fingerprint density at radius 2 is 1.72 bits per heavy atom. The molecule has 0 spiro atoms. The predicted molar refractivity (Wildman–Crippen MR) is 112 cm³/mol. The first-order chi connectivity index (χ1) is 13.7. The molecule has 0 unspecified atom stereocenters. The highest BCUT2D eigenvalue weighted by molar-refractivity contribution is 7.91. The van der Waals surface area contributed by atoms with Gasteiger partial charge in [0.15, 0.2) is 9.84 Å². The van der Waals surface area contributed by atoms with Crippen LogP contribution in [0.25, 0.3) is 11.5 Å². The van der Waals surface area contributed by atoms with Crippen molar-refractivity contribution in [1.82, 2.24) is 10.3 Å². The summed E-state index contributed by atoms with van der Waals surface area (Å²) < 4.78 is 30.7. The Morgan fingerprint density at radius 3 is 2.38 bits per heavy atom. The third-order valence-corrected chi connectivity index (χ3v) is 5.99. The normalized spacial score (nSPS) is 12.5. The van der Waals surface area contributed by atoms with E-state index in [0.29, 0.717) is 17.3 Å². The van der Waals surface area contributed by atoms with Gasteiger partial charge < -0.3 is 9.73 Å². The quantitative estimate of drug-likeness (QED) is 0.638. The van der Waals surface area contributed by atoms with Crippen molar-refractivity contribution in [2.24, 2.45) is 0 Å². The summed E-state index contributed by atoms with van der Waals surface area (Å²) in [6.45, 7) is 5.47. The maximum Gasteiger partial charge on any atom is 0.235 e. The van der Waals surface area contributed by atoms with Crippen LogP contribution in [0.15, 0.2) is 59.0 Å². The number of oxazole rings is 1. The van der Waals surface area contributed by atoms with Gasteiger partial charge in [-0.25, -0.2) is 13.4 Å². The van der Waals surface area contributed by atoms with Crippen molar-refractivity contribution in [3.8, 4) is 11.5 Å². The zero-order valence-corrected chi connectivity index (χ0v) is 17.5. The lowest BCUT2D eigenvalue weighted by molar-refractivity contribution is -0.119. The number of amides is 1. The number of aryl methyl sites for hydroxylation is 2. The van der Waals surface area contributed by atoms with Gasteiger partial charge >= 0.3 is 0 Å². The maximum absolute atomic E-state index is 12.5. The molecular formula is C22H24N2O4S. The highest BCUT2D eigenvalue weighted by Gasteiger charge is 2.23. The Kier molecular flexibility index (Phi) is 6.17. The summed E-state index contributed by atoms with van der Waals surface area (Å²) in [5, 5.41) is 2.73. The summed E-state index contributed by atoms with van der Waals surface area (Å²) in [7, 11) is -3.69. The summed E-state index contributed by atoms with van der Waals surface area (Å²) in [6.07, 6.45) is 0. The van der Waals surface area contributed by atoms with Gasteiger partial charge in [0.25, 0.3) is 0 Å². The van der Waals surface area contributed by atoms with E-state index in [2.05, 4.69) is 10.3 Å². The van der Waals surface area contributed by atoms with Gasteiger partial charge in [-0.3, -0.25) is 4.79 Å². The van der Waals surface area contributed by atoms with Crippen LogP contribution in [0.1, 0.15) is 35.5 Å². The van der Waals surface area contributed by atoms with E-state index in [-0.39, 0.29) is 11.8 Å². The van der Waals surface area contributed by atoms with Crippen molar-refractivity contribution in [2.75, 3.05) is 5.75 Å². The average Bonchev–Trinajstić information content (AvgIpc) is 3.02. The molecule has 0 fully saturated rings. The molecular weight excluding hydrogens is 388 g/mol. The van der Waals surface area contributed by atoms with E-state index in [9.17, 15) is 13.2 Å². The number of aromatic nitrogens is 1. The van der Waals surface area contributed by atoms with Gasteiger partial charge in [0.1, 0.15) is 11.5 Å². The van der Waals surface area contributed by atoms with E-state index in [4.69, 9.17) is 4.42 Å². The standard InChI is InChI=1S/C22H24N2O4S/c1-15-9-11-19(12-10-15)22-24-20(17(3)28-22)13-29(26,27)14-21(25)23-16(2)18-7-5-4-6-8-18/h4-12,16H,13-14H2,1-3H3,(H,23,25)/t16-/m1/s1. The zero-order chi connectivity index (χ0) is 21.0. The van der Waals surface area contributed by atoms with Crippen LogP contribution >= 0.6 is 0 Å². The minimum atomic E-state index is -3.69. The summed E-state index contributed by atoms with van der Waals surface area (Å²) in [6, 6.07) is 16.7. The molecule has 0 saturated carbocycles. The molecule has 0 radical (unpaired) electrons. The summed E-state index contributed by atoms with van der Waals surface area (Å²) in [5.41, 5.74) is 3.12. The number of hydrogen-bond acceptors (Lipinski definition) is 5. The Balaban J connectivity index is 1.66. The lowest BCUT2D eigenvalue weighted by Gasteiger charge is -2.14. The van der Waals surface area contributed by atoms with Crippen LogP contribution in [-0.2, 0) is 20.4 Å². The zero-order valence-electron chi connectivity index (χ0n) is 16.7. The lowest BCUT2D eigenvalue weighted by Crippen LogP contribution is -2.32. The minimum Gasteiger partial charge on any atom is -0.441 e. The first kappa shape index (κ1) is 20.8. The first-order valence-corrected chi connectivity index (χ1v) is 11.1.